The fourth-order valence-corrected chi connectivity index (χ4v) is 1.06. The maximum Gasteiger partial charge on any atom is 0.296 e. The molecule has 0 saturated heterocycles. The molecule has 0 bridgehead atoms. The molecule has 1 rings (SSSR count). The number of hydrazone groups is 1. The summed E-state index contributed by atoms with van der Waals surface area (Å²) in [6.45, 7) is 0. The molecular formula is C9H8ClN5O. The number of carbonyl (C=O) groups is 1. The molecule has 1 aromatic rings. The van der Waals surface area contributed by atoms with Crippen molar-refractivity contribution < 1.29 is 4.79 Å². The number of halogens is 1. The van der Waals surface area contributed by atoms with E-state index in [1.54, 1.807) is 35.8 Å². The van der Waals surface area contributed by atoms with Crippen LogP contribution in [0.4, 0.5) is 5.69 Å². The lowest BCUT2D eigenvalue weighted by Crippen LogP contribution is -2.36. The summed E-state index contributed by atoms with van der Waals surface area (Å²) in [6, 6.07) is 8.28. The molecule has 4 N–H and O–H groups in total. The lowest BCUT2D eigenvalue weighted by molar-refractivity contribution is -0.114. The molecule has 1 amide bonds. The van der Waals surface area contributed by atoms with E-state index in [4.69, 9.17) is 22.7 Å². The molecule has 0 aliphatic carbocycles. The normalized spacial score (nSPS) is 10.4. The number of hydrogen-bond acceptors (Lipinski definition) is 5. The van der Waals surface area contributed by atoms with Gasteiger partial charge in [-0.2, -0.15) is 10.4 Å². The second-order valence-electron chi connectivity index (χ2n) is 2.67. The van der Waals surface area contributed by atoms with Crippen LogP contribution in [0, 0.1) is 11.3 Å². The first-order valence-corrected chi connectivity index (χ1v) is 4.55. The summed E-state index contributed by atoms with van der Waals surface area (Å²) >= 11 is 5.73. The number of nitrogens with zero attached hydrogens (tertiary/aromatic N) is 2. The predicted molar refractivity (Wildman–Crippen MR) is 60.5 cm³/mol. The molecule has 7 heteroatoms. The Labute approximate surface area is 96.7 Å². The maximum absolute atomic E-state index is 11.0. The summed E-state index contributed by atoms with van der Waals surface area (Å²) in [4.78, 5) is 11.0. The van der Waals surface area contributed by atoms with E-state index in [0.717, 1.165) is 0 Å². The molecule has 82 valence electrons. The van der Waals surface area contributed by atoms with E-state index >= 15 is 0 Å². The van der Waals surface area contributed by atoms with Gasteiger partial charge in [0.15, 0.2) is 0 Å². The minimum Gasteiger partial charge on any atom is -0.288 e. The van der Waals surface area contributed by atoms with Gasteiger partial charge >= 0.3 is 0 Å². The highest BCUT2D eigenvalue weighted by molar-refractivity contribution is 6.45. The van der Waals surface area contributed by atoms with Crippen LogP contribution in [-0.4, -0.2) is 11.6 Å². The monoisotopic (exact) mass is 237 g/mol. The van der Waals surface area contributed by atoms with E-state index in [2.05, 4.69) is 10.5 Å². The Hall–Kier alpha value is -2.10. The second-order valence-corrected chi connectivity index (χ2v) is 3.10. The molecule has 0 aliphatic heterocycles. The van der Waals surface area contributed by atoms with Crippen LogP contribution >= 0.6 is 11.6 Å². The quantitative estimate of drug-likeness (QED) is 0.310. The van der Waals surface area contributed by atoms with E-state index in [-0.39, 0.29) is 5.71 Å². The van der Waals surface area contributed by atoms with Gasteiger partial charge in [-0.1, -0.05) is 17.7 Å². The number of nitriles is 1. The lowest BCUT2D eigenvalue weighted by atomic mass is 10.3. The number of benzene rings is 1. The molecule has 0 saturated carbocycles. The SMILES string of the molecule is N#C/C(=N\Nc1cccc(Cl)c1)C(=O)NN. The van der Waals surface area contributed by atoms with Crippen LogP contribution < -0.4 is 16.7 Å². The number of nitrogens with two attached hydrogens (primary N) is 1. The predicted octanol–water partition coefficient (Wildman–Crippen LogP) is 0.621. The first-order chi connectivity index (χ1) is 7.67. The molecule has 0 aromatic heterocycles. The highest BCUT2D eigenvalue weighted by Crippen LogP contribution is 2.14. The molecule has 0 spiro atoms. The van der Waals surface area contributed by atoms with Gasteiger partial charge in [-0.05, 0) is 18.2 Å². The maximum atomic E-state index is 11.0. The van der Waals surface area contributed by atoms with Gasteiger partial charge in [0, 0.05) is 5.02 Å². The average molecular weight is 238 g/mol. The van der Waals surface area contributed by atoms with Gasteiger partial charge in [0.25, 0.3) is 5.91 Å². The van der Waals surface area contributed by atoms with Gasteiger partial charge in [0.05, 0.1) is 5.69 Å². The summed E-state index contributed by atoms with van der Waals surface area (Å²) in [5.41, 5.74) is 4.51. The Kier molecular flexibility index (Phi) is 4.27. The molecule has 0 aliphatic rings. The first kappa shape index (κ1) is 12.0. The standard InChI is InChI=1S/C9H8ClN5O/c10-6-2-1-3-7(4-6)14-15-8(5-11)9(16)13-12/h1-4,14H,12H2,(H,13,16)/b15-8+. The van der Waals surface area contributed by atoms with Crippen molar-refractivity contribution in [1.82, 2.24) is 5.43 Å². The van der Waals surface area contributed by atoms with Crippen LogP contribution in [0.5, 0.6) is 0 Å². The Morgan fingerprint density at radius 2 is 2.31 bits per heavy atom. The fourth-order valence-electron chi connectivity index (χ4n) is 0.873. The third-order valence-corrected chi connectivity index (χ3v) is 1.81. The summed E-state index contributed by atoms with van der Waals surface area (Å²) in [5.74, 6) is 4.09. The smallest absolute Gasteiger partial charge is 0.288 e. The molecular weight excluding hydrogens is 230 g/mol. The van der Waals surface area contributed by atoms with Crippen LogP contribution in [0.25, 0.3) is 0 Å². The number of carbonyl (C=O) groups excluding carboxylic acids is 1. The molecule has 0 unspecified atom stereocenters. The number of anilines is 1. The summed E-state index contributed by atoms with van der Waals surface area (Å²) < 4.78 is 0. The van der Waals surface area contributed by atoms with Crippen LogP contribution in [0.3, 0.4) is 0 Å². The second kappa shape index (κ2) is 5.70. The third-order valence-electron chi connectivity index (χ3n) is 1.57. The largest absolute Gasteiger partial charge is 0.296 e. The summed E-state index contributed by atoms with van der Waals surface area (Å²) in [7, 11) is 0. The number of amides is 1. The zero-order valence-electron chi connectivity index (χ0n) is 8.07. The van der Waals surface area contributed by atoms with Crippen LogP contribution in [0.15, 0.2) is 29.4 Å². The Bertz CT molecular complexity index is 465. The zero-order valence-corrected chi connectivity index (χ0v) is 8.82. The average Bonchev–Trinajstić information content (AvgIpc) is 2.29. The number of rotatable bonds is 3. The number of hydrazine groups is 1. The Balaban J connectivity index is 2.79. The van der Waals surface area contributed by atoms with Gasteiger partial charge in [-0.25, -0.2) is 5.84 Å². The van der Waals surface area contributed by atoms with Crippen LogP contribution in [0.2, 0.25) is 5.02 Å². The summed E-state index contributed by atoms with van der Waals surface area (Å²) in [5, 5.41) is 12.7. The van der Waals surface area contributed by atoms with Crippen molar-refractivity contribution in [3.63, 3.8) is 0 Å². The lowest BCUT2D eigenvalue weighted by Gasteiger charge is -2.01. The number of nitrogens with one attached hydrogen (secondary N) is 2. The van der Waals surface area contributed by atoms with E-state index in [1.807, 2.05) is 0 Å². The molecule has 0 radical (unpaired) electrons. The van der Waals surface area contributed by atoms with Gasteiger partial charge in [0.1, 0.15) is 6.07 Å². The van der Waals surface area contributed by atoms with Gasteiger partial charge in [-0.15, -0.1) is 0 Å². The molecule has 6 nitrogen and oxygen atoms in total. The van der Waals surface area contributed by atoms with Crippen LogP contribution in [0.1, 0.15) is 0 Å². The minimum atomic E-state index is -0.767. The molecule has 1 aromatic carbocycles. The molecule has 0 fully saturated rings. The topological polar surface area (TPSA) is 103 Å². The molecule has 0 heterocycles. The van der Waals surface area contributed by atoms with Gasteiger partial charge < -0.3 is 0 Å². The van der Waals surface area contributed by atoms with Crippen molar-refractivity contribution in [2.24, 2.45) is 10.9 Å². The summed E-state index contributed by atoms with van der Waals surface area (Å²) in [6.07, 6.45) is 0. The van der Waals surface area contributed by atoms with Crippen molar-refractivity contribution in [2.45, 2.75) is 0 Å². The van der Waals surface area contributed by atoms with Gasteiger partial charge in [0.2, 0.25) is 5.71 Å². The van der Waals surface area contributed by atoms with Crippen molar-refractivity contribution in [3.05, 3.63) is 29.3 Å². The van der Waals surface area contributed by atoms with Crippen molar-refractivity contribution in [1.29, 1.82) is 5.26 Å². The minimum absolute atomic E-state index is 0.373. The highest BCUT2D eigenvalue weighted by atomic mass is 35.5. The number of hydrogen-bond donors (Lipinski definition) is 3. The van der Waals surface area contributed by atoms with E-state index in [0.29, 0.717) is 10.7 Å². The molecule has 16 heavy (non-hydrogen) atoms. The van der Waals surface area contributed by atoms with E-state index < -0.39 is 5.91 Å². The first-order valence-electron chi connectivity index (χ1n) is 4.17. The Morgan fingerprint density at radius 1 is 1.56 bits per heavy atom. The highest BCUT2D eigenvalue weighted by Gasteiger charge is 2.08. The van der Waals surface area contributed by atoms with E-state index in [1.165, 1.54) is 0 Å². The van der Waals surface area contributed by atoms with Crippen molar-refractivity contribution in [2.75, 3.05) is 5.43 Å². The zero-order chi connectivity index (χ0) is 12.0. The van der Waals surface area contributed by atoms with Crippen LogP contribution in [-0.2, 0) is 4.79 Å². The Morgan fingerprint density at radius 3 is 2.88 bits per heavy atom. The van der Waals surface area contributed by atoms with Crippen molar-refractivity contribution >= 4 is 28.9 Å². The van der Waals surface area contributed by atoms with E-state index in [9.17, 15) is 4.79 Å². The molecule has 0 atom stereocenters. The van der Waals surface area contributed by atoms with Crippen molar-refractivity contribution in [3.8, 4) is 6.07 Å². The third kappa shape index (κ3) is 3.24. The van der Waals surface area contributed by atoms with Gasteiger partial charge in [-0.3, -0.25) is 15.6 Å². The fraction of sp³-hybridized carbons (Fsp3) is 0.